The highest BCUT2D eigenvalue weighted by Crippen LogP contribution is 2.42. The van der Waals surface area contributed by atoms with Gasteiger partial charge < -0.3 is 0 Å². The number of benzene rings is 3. The second-order valence-electron chi connectivity index (χ2n) is 4.88. The normalized spacial score (nSPS) is 10.9. The number of fused-ring (bicyclic) bond motifs is 1. The Morgan fingerprint density at radius 1 is 0.714 bits per heavy atom. The van der Waals surface area contributed by atoms with Crippen LogP contribution in [0.4, 0.5) is 0 Å². The molecule has 0 saturated heterocycles. The summed E-state index contributed by atoms with van der Waals surface area (Å²) in [5.74, 6) is 0. The Hall–Kier alpha value is -2.03. The minimum absolute atomic E-state index is 1.30. The van der Waals surface area contributed by atoms with Crippen LogP contribution in [0.5, 0.6) is 0 Å². The maximum absolute atomic E-state index is 2.23. The molecule has 0 aliphatic carbocycles. The largest absolute Gasteiger partial charge is 0.243 e. The van der Waals surface area contributed by atoms with E-state index in [0.29, 0.717) is 0 Å². The van der Waals surface area contributed by atoms with E-state index in [1.54, 1.807) is 0 Å². The van der Waals surface area contributed by atoms with Gasteiger partial charge in [-0.15, -0.1) is 0 Å². The predicted molar refractivity (Wildman–Crippen MR) is 95.0 cm³/mol. The molecule has 0 radical (unpaired) electrons. The average molecular weight is 305 g/mol. The molecule has 1 heterocycles. The van der Waals surface area contributed by atoms with Crippen LogP contribution in [0.15, 0.2) is 77.5 Å². The van der Waals surface area contributed by atoms with Crippen LogP contribution in [0.2, 0.25) is 0 Å². The van der Waals surface area contributed by atoms with Crippen LogP contribution in [0, 0.1) is 0 Å². The topological polar surface area (TPSA) is 0 Å². The van der Waals surface area contributed by atoms with Crippen LogP contribution < -0.4 is 0 Å². The van der Waals surface area contributed by atoms with Crippen LogP contribution in [-0.4, -0.2) is 0 Å². The zero-order chi connectivity index (χ0) is 14.1. The van der Waals surface area contributed by atoms with Gasteiger partial charge in [0.1, 0.15) is 0 Å². The Bertz CT molecular complexity index is 886. The van der Waals surface area contributed by atoms with Crippen molar-refractivity contribution in [2.24, 2.45) is 0 Å². The zero-order valence-corrected chi connectivity index (χ0v) is 13.0. The van der Waals surface area contributed by atoms with Gasteiger partial charge >= 0.3 is 0 Å². The summed E-state index contributed by atoms with van der Waals surface area (Å²) in [4.78, 5) is 2.72. The third-order valence-corrected chi connectivity index (χ3v) is 5.84. The van der Waals surface area contributed by atoms with E-state index in [9.17, 15) is 0 Å². The van der Waals surface area contributed by atoms with Crippen molar-refractivity contribution in [3.05, 3.63) is 77.5 Å². The first-order chi connectivity index (χ1) is 10.4. The molecule has 0 amide bonds. The summed E-state index contributed by atoms with van der Waals surface area (Å²) < 4.78 is 2.22. The predicted octanol–water partition coefficient (Wildman–Crippen LogP) is 6.58. The van der Waals surface area contributed by atoms with E-state index in [4.69, 9.17) is 0 Å². The molecule has 3 aromatic carbocycles. The minimum Gasteiger partial charge on any atom is -0.0622 e. The van der Waals surface area contributed by atoms with Crippen molar-refractivity contribution in [3.63, 3.8) is 0 Å². The molecule has 21 heavy (non-hydrogen) atoms. The van der Waals surface area contributed by atoms with E-state index in [1.165, 1.54) is 31.7 Å². The molecule has 0 N–H and O–H groups in total. The van der Waals surface area contributed by atoms with E-state index in [-0.39, 0.29) is 0 Å². The Morgan fingerprint density at radius 2 is 1.48 bits per heavy atom. The highest BCUT2D eigenvalue weighted by Gasteiger charge is 2.20. The van der Waals surface area contributed by atoms with Crippen molar-refractivity contribution in [1.29, 1.82) is 0 Å². The van der Waals surface area contributed by atoms with Crippen molar-refractivity contribution >= 4 is 33.4 Å². The van der Waals surface area contributed by atoms with Crippen LogP contribution in [0.1, 0.15) is 0 Å². The standard InChI is InChI=1S/C19H13S2/c1-2-8-15(9-3-1)18-19(21-13-20-18)17-12-6-10-14-7-4-5-11-16(14)17/h1-13H/q+1. The Kier molecular flexibility index (Phi) is 3.26. The monoisotopic (exact) mass is 305 g/mol. The molecule has 4 aromatic rings. The maximum atomic E-state index is 2.23. The van der Waals surface area contributed by atoms with Gasteiger partial charge in [0.05, 0.1) is 22.7 Å². The first kappa shape index (κ1) is 12.7. The van der Waals surface area contributed by atoms with Gasteiger partial charge in [0.2, 0.25) is 4.69 Å². The molecule has 0 aliphatic heterocycles. The van der Waals surface area contributed by atoms with Gasteiger partial charge in [0.15, 0.2) is 9.75 Å². The first-order valence-corrected chi connectivity index (χ1v) is 8.62. The lowest BCUT2D eigenvalue weighted by Crippen LogP contribution is -1.80. The molecular weight excluding hydrogens is 292 g/mol. The molecule has 0 aliphatic rings. The lowest BCUT2D eigenvalue weighted by molar-refractivity contribution is 1.69. The van der Waals surface area contributed by atoms with Gasteiger partial charge in [0, 0.05) is 11.1 Å². The Labute approximate surface area is 132 Å². The zero-order valence-electron chi connectivity index (χ0n) is 11.3. The SMILES string of the molecule is c1ccc(-c2[s+]csc2-c2cccc3ccccc23)cc1. The van der Waals surface area contributed by atoms with Crippen molar-refractivity contribution in [2.75, 3.05) is 0 Å². The van der Waals surface area contributed by atoms with E-state index in [1.807, 2.05) is 22.7 Å². The van der Waals surface area contributed by atoms with E-state index < -0.39 is 0 Å². The molecule has 4 rings (SSSR count). The van der Waals surface area contributed by atoms with Gasteiger partial charge in [-0.25, -0.2) is 0 Å². The molecule has 0 spiro atoms. The molecule has 0 saturated carbocycles. The fourth-order valence-corrected chi connectivity index (χ4v) is 4.90. The average Bonchev–Trinajstić information content (AvgIpc) is 3.04. The van der Waals surface area contributed by atoms with Crippen LogP contribution in [0.25, 0.3) is 31.7 Å². The molecule has 2 heteroatoms. The van der Waals surface area contributed by atoms with Gasteiger partial charge in [-0.05, 0) is 10.8 Å². The molecule has 1 aromatic heterocycles. The highest BCUT2D eigenvalue weighted by molar-refractivity contribution is 7.32. The smallest absolute Gasteiger partial charge is 0.0622 e. The summed E-state index contributed by atoms with van der Waals surface area (Å²) >= 11 is 3.66. The molecular formula is C19H13S2+. The van der Waals surface area contributed by atoms with E-state index in [2.05, 4.69) is 77.5 Å². The van der Waals surface area contributed by atoms with Gasteiger partial charge in [-0.3, -0.25) is 0 Å². The third-order valence-electron chi connectivity index (χ3n) is 3.61. The molecule has 0 atom stereocenters. The Morgan fingerprint density at radius 3 is 2.38 bits per heavy atom. The quantitative estimate of drug-likeness (QED) is 0.367. The van der Waals surface area contributed by atoms with Crippen LogP contribution in [-0.2, 0) is 0 Å². The lowest BCUT2D eigenvalue weighted by Gasteiger charge is -2.03. The number of rotatable bonds is 2. The van der Waals surface area contributed by atoms with Gasteiger partial charge in [0.25, 0.3) is 0 Å². The molecule has 0 nitrogen and oxygen atoms in total. The van der Waals surface area contributed by atoms with Crippen molar-refractivity contribution in [3.8, 4) is 20.9 Å². The van der Waals surface area contributed by atoms with Crippen molar-refractivity contribution in [1.82, 2.24) is 0 Å². The molecule has 0 bridgehead atoms. The van der Waals surface area contributed by atoms with Crippen LogP contribution in [0.3, 0.4) is 0 Å². The molecule has 100 valence electrons. The lowest BCUT2D eigenvalue weighted by atomic mass is 10.0. The summed E-state index contributed by atoms with van der Waals surface area (Å²) in [6.07, 6.45) is 0. The van der Waals surface area contributed by atoms with Crippen molar-refractivity contribution in [2.45, 2.75) is 0 Å². The summed E-state index contributed by atoms with van der Waals surface area (Å²) in [6, 6.07) is 25.8. The van der Waals surface area contributed by atoms with E-state index in [0.717, 1.165) is 0 Å². The minimum atomic E-state index is 1.30. The third kappa shape index (κ3) is 2.27. The molecule has 0 unspecified atom stereocenters. The van der Waals surface area contributed by atoms with Gasteiger partial charge in [-0.1, -0.05) is 72.8 Å². The van der Waals surface area contributed by atoms with Crippen molar-refractivity contribution < 1.29 is 0 Å². The highest BCUT2D eigenvalue weighted by atomic mass is 32.2. The summed E-state index contributed by atoms with van der Waals surface area (Å²) in [5, 5.41) is 2.62. The summed E-state index contributed by atoms with van der Waals surface area (Å²) in [5.41, 5.74) is 2.63. The molecule has 0 fully saturated rings. The number of hydrogen-bond donors (Lipinski definition) is 0. The maximum Gasteiger partial charge on any atom is 0.243 e. The summed E-state index contributed by atoms with van der Waals surface area (Å²) in [6.45, 7) is 0. The second kappa shape index (κ2) is 5.40. The fraction of sp³-hybridized carbons (Fsp3) is 0. The van der Waals surface area contributed by atoms with E-state index >= 15 is 0 Å². The summed E-state index contributed by atoms with van der Waals surface area (Å²) in [7, 11) is 0. The first-order valence-electron chi connectivity index (χ1n) is 6.86. The van der Waals surface area contributed by atoms with Gasteiger partial charge in [-0.2, -0.15) is 0 Å². The van der Waals surface area contributed by atoms with Crippen LogP contribution >= 0.6 is 22.7 Å². The second-order valence-corrected chi connectivity index (χ2v) is 6.94. The number of hydrogen-bond acceptors (Lipinski definition) is 1. The fourth-order valence-electron chi connectivity index (χ4n) is 2.63. The Balaban J connectivity index is 1.97.